The molecule has 0 radical (unpaired) electrons. The number of nitrogens with zero attached hydrogens (tertiary/aromatic N) is 1. The van der Waals surface area contributed by atoms with Gasteiger partial charge in [-0.05, 0) is 93.1 Å². The molecule has 1 aromatic heterocycles. The first-order valence-electron chi connectivity index (χ1n) is 13.1. The van der Waals surface area contributed by atoms with Crippen molar-refractivity contribution in [1.29, 1.82) is 0 Å². The maximum absolute atomic E-state index is 6.60. The fourth-order valence-corrected chi connectivity index (χ4v) is 5.67. The second-order valence-electron chi connectivity index (χ2n) is 11.5. The summed E-state index contributed by atoms with van der Waals surface area (Å²) in [5.74, 6) is 0. The van der Waals surface area contributed by atoms with Crippen LogP contribution in [0.4, 0.5) is 0 Å². The van der Waals surface area contributed by atoms with E-state index in [4.69, 9.17) is 9.31 Å². The van der Waals surface area contributed by atoms with E-state index >= 15 is 0 Å². The monoisotopic (exact) mass is 487 g/mol. The van der Waals surface area contributed by atoms with Gasteiger partial charge < -0.3 is 13.9 Å². The number of benzene rings is 4. The molecule has 4 heteroatoms. The summed E-state index contributed by atoms with van der Waals surface area (Å²) in [6, 6.07) is 28.6. The highest BCUT2D eigenvalue weighted by molar-refractivity contribution is 6.65. The number of aromatic nitrogens is 1. The molecule has 0 bridgehead atoms. The van der Waals surface area contributed by atoms with Crippen LogP contribution in [0.25, 0.3) is 44.1 Å². The van der Waals surface area contributed by atoms with Crippen LogP contribution in [-0.4, -0.2) is 22.9 Å². The molecule has 0 unspecified atom stereocenters. The van der Waals surface area contributed by atoms with Crippen LogP contribution < -0.4 is 5.46 Å². The minimum Gasteiger partial charge on any atom is -0.399 e. The first-order chi connectivity index (χ1) is 17.6. The molecule has 4 aromatic carbocycles. The van der Waals surface area contributed by atoms with Crippen molar-refractivity contribution in [3.63, 3.8) is 0 Å². The molecule has 0 spiro atoms. The number of fused-ring (bicyclic) bond motifs is 3. The first kappa shape index (κ1) is 24.0. The molecule has 0 atom stereocenters. The van der Waals surface area contributed by atoms with Gasteiger partial charge in [0, 0.05) is 34.3 Å². The van der Waals surface area contributed by atoms with E-state index in [0.29, 0.717) is 0 Å². The van der Waals surface area contributed by atoms with Gasteiger partial charge in [0.15, 0.2) is 0 Å². The largest absolute Gasteiger partial charge is 0.497 e. The number of hydrogen-bond donors (Lipinski definition) is 0. The molecular weight excluding hydrogens is 453 g/mol. The zero-order valence-electron chi connectivity index (χ0n) is 22.8. The molecule has 37 heavy (non-hydrogen) atoms. The molecule has 2 heterocycles. The Balaban J connectivity index is 1.66. The Kier molecular flexibility index (Phi) is 5.42. The minimum atomic E-state index is -0.449. The molecule has 186 valence electrons. The molecule has 0 saturated carbocycles. The van der Waals surface area contributed by atoms with Gasteiger partial charge in [-0.2, -0.15) is 0 Å². The van der Waals surface area contributed by atoms with Crippen molar-refractivity contribution in [2.24, 2.45) is 7.05 Å². The molecule has 1 aliphatic rings. The summed E-state index contributed by atoms with van der Waals surface area (Å²) < 4.78 is 15.5. The number of aryl methyl sites for hydroxylation is 3. The second kappa shape index (κ2) is 8.34. The van der Waals surface area contributed by atoms with Crippen molar-refractivity contribution in [2.75, 3.05) is 0 Å². The predicted octanol–water partition coefficient (Wildman–Crippen LogP) is 7.58. The Labute approximate surface area is 220 Å². The third-order valence-corrected chi connectivity index (χ3v) is 8.54. The van der Waals surface area contributed by atoms with E-state index in [1.54, 1.807) is 0 Å². The van der Waals surface area contributed by atoms with Crippen LogP contribution in [0.15, 0.2) is 78.9 Å². The van der Waals surface area contributed by atoms with E-state index in [9.17, 15) is 0 Å². The summed E-state index contributed by atoms with van der Waals surface area (Å²) in [6.07, 6.45) is 0. The third-order valence-electron chi connectivity index (χ3n) is 8.54. The summed E-state index contributed by atoms with van der Waals surface area (Å²) in [5.41, 5.74) is 10.1. The number of rotatable bonds is 3. The van der Waals surface area contributed by atoms with Crippen molar-refractivity contribution in [3.8, 4) is 22.3 Å². The fraction of sp³-hybridized carbons (Fsp3) is 0.273. The summed E-state index contributed by atoms with van der Waals surface area (Å²) in [4.78, 5) is 0. The van der Waals surface area contributed by atoms with E-state index in [0.717, 1.165) is 11.0 Å². The van der Waals surface area contributed by atoms with Crippen LogP contribution in [0.3, 0.4) is 0 Å². The average Bonchev–Trinajstić information content (AvgIpc) is 3.27. The topological polar surface area (TPSA) is 23.4 Å². The summed E-state index contributed by atoms with van der Waals surface area (Å²) >= 11 is 0. The maximum atomic E-state index is 6.60. The molecule has 0 N–H and O–H groups in total. The Hall–Kier alpha value is -3.34. The lowest BCUT2D eigenvalue weighted by Crippen LogP contribution is -2.41. The molecule has 5 aromatic rings. The van der Waals surface area contributed by atoms with E-state index in [1.165, 1.54) is 49.7 Å². The average molecular weight is 487 g/mol. The molecule has 1 fully saturated rings. The van der Waals surface area contributed by atoms with Crippen LogP contribution in [0, 0.1) is 13.8 Å². The zero-order chi connectivity index (χ0) is 26.1. The third kappa shape index (κ3) is 3.74. The zero-order valence-corrected chi connectivity index (χ0v) is 22.8. The smallest absolute Gasteiger partial charge is 0.399 e. The van der Waals surface area contributed by atoms with Crippen LogP contribution in [-0.2, 0) is 16.4 Å². The maximum Gasteiger partial charge on any atom is 0.497 e. The van der Waals surface area contributed by atoms with E-state index in [2.05, 4.69) is 132 Å². The standard InChI is InChI=1S/C33H34BNO2/c1-21-12-8-10-14-25(21)23-16-17-30-27(18-23)28-19-24(26-15-11-9-13-22(26)2)20-29(31(28)35(30)7)34-36-32(3,4)33(5,6)37-34/h8-20H,1-7H3. The summed E-state index contributed by atoms with van der Waals surface area (Å²) in [5, 5.41) is 2.46. The second-order valence-corrected chi connectivity index (χ2v) is 11.5. The molecule has 0 aliphatic carbocycles. The predicted molar refractivity (Wildman–Crippen MR) is 156 cm³/mol. The van der Waals surface area contributed by atoms with Crippen LogP contribution in [0.2, 0.25) is 0 Å². The lowest BCUT2D eigenvalue weighted by molar-refractivity contribution is 0.00578. The summed E-state index contributed by atoms with van der Waals surface area (Å²) in [7, 11) is 1.70. The van der Waals surface area contributed by atoms with Crippen molar-refractivity contribution < 1.29 is 9.31 Å². The fourth-order valence-electron chi connectivity index (χ4n) is 5.67. The van der Waals surface area contributed by atoms with Crippen molar-refractivity contribution in [1.82, 2.24) is 4.57 Å². The number of hydrogen-bond acceptors (Lipinski definition) is 2. The Morgan fingerprint density at radius 2 is 1.19 bits per heavy atom. The molecule has 1 aliphatic heterocycles. The van der Waals surface area contributed by atoms with E-state index in [1.807, 2.05) is 0 Å². The van der Waals surface area contributed by atoms with E-state index in [-0.39, 0.29) is 0 Å². The van der Waals surface area contributed by atoms with Gasteiger partial charge in [-0.25, -0.2) is 0 Å². The highest BCUT2D eigenvalue weighted by Crippen LogP contribution is 2.40. The first-order valence-corrected chi connectivity index (χ1v) is 13.1. The Morgan fingerprint density at radius 3 is 1.78 bits per heavy atom. The minimum absolute atomic E-state index is 0.411. The molecular formula is C33H34BNO2. The highest BCUT2D eigenvalue weighted by atomic mass is 16.7. The Bertz CT molecular complexity index is 1660. The molecule has 1 saturated heterocycles. The quantitative estimate of drug-likeness (QED) is 0.245. The molecule has 0 amide bonds. The summed E-state index contributed by atoms with van der Waals surface area (Å²) in [6.45, 7) is 12.8. The van der Waals surface area contributed by atoms with Crippen molar-refractivity contribution in [2.45, 2.75) is 52.7 Å². The van der Waals surface area contributed by atoms with Crippen LogP contribution in [0.5, 0.6) is 0 Å². The normalized spacial score (nSPS) is 16.7. The van der Waals surface area contributed by atoms with E-state index < -0.39 is 18.3 Å². The highest BCUT2D eigenvalue weighted by Gasteiger charge is 2.52. The lowest BCUT2D eigenvalue weighted by atomic mass is 9.76. The van der Waals surface area contributed by atoms with Gasteiger partial charge in [0.05, 0.1) is 11.2 Å². The van der Waals surface area contributed by atoms with Gasteiger partial charge in [-0.1, -0.05) is 60.7 Å². The van der Waals surface area contributed by atoms with Crippen LogP contribution in [0.1, 0.15) is 38.8 Å². The van der Waals surface area contributed by atoms with Gasteiger partial charge in [-0.3, -0.25) is 0 Å². The van der Waals surface area contributed by atoms with Gasteiger partial charge in [0.1, 0.15) is 0 Å². The lowest BCUT2D eigenvalue weighted by Gasteiger charge is -2.32. The SMILES string of the molecule is Cc1ccccc1-c1ccc2c(c1)c1cc(-c3ccccc3C)cc(B3OC(C)(C)C(C)(C)O3)c1n2C. The van der Waals surface area contributed by atoms with Crippen molar-refractivity contribution >= 4 is 34.4 Å². The van der Waals surface area contributed by atoms with Gasteiger partial charge >= 0.3 is 7.12 Å². The van der Waals surface area contributed by atoms with Crippen LogP contribution >= 0.6 is 0 Å². The van der Waals surface area contributed by atoms with Gasteiger partial charge in [-0.15, -0.1) is 0 Å². The van der Waals surface area contributed by atoms with Gasteiger partial charge in [0.25, 0.3) is 0 Å². The molecule has 6 rings (SSSR count). The van der Waals surface area contributed by atoms with Gasteiger partial charge in [0.2, 0.25) is 0 Å². The van der Waals surface area contributed by atoms with Crippen molar-refractivity contribution in [3.05, 3.63) is 90.0 Å². The molecule has 3 nitrogen and oxygen atoms in total. The Morgan fingerprint density at radius 1 is 0.649 bits per heavy atom.